The number of hydrogen-bond donors (Lipinski definition) is 3. The molecule has 0 fully saturated rings. The molecular formula is C31H24Cl3N7O. The molecular weight excluding hydrogens is 593 g/mol. The van der Waals surface area contributed by atoms with Crippen LogP contribution < -0.4 is 11.2 Å². The summed E-state index contributed by atoms with van der Waals surface area (Å²) < 4.78 is 0. The van der Waals surface area contributed by atoms with Crippen molar-refractivity contribution in [2.24, 2.45) is 10.7 Å². The summed E-state index contributed by atoms with van der Waals surface area (Å²) in [6, 6.07) is 26.9. The average molecular weight is 617 g/mol. The highest BCUT2D eigenvalue weighted by molar-refractivity contribution is 6.32. The van der Waals surface area contributed by atoms with Gasteiger partial charge in [-0.25, -0.2) is 25.4 Å². The van der Waals surface area contributed by atoms with E-state index in [1.165, 1.54) is 5.56 Å². The molecule has 4 aromatic carbocycles. The van der Waals surface area contributed by atoms with Crippen LogP contribution in [0.1, 0.15) is 11.1 Å². The monoisotopic (exact) mass is 615 g/mol. The summed E-state index contributed by atoms with van der Waals surface area (Å²) >= 11 is 18.1. The fourth-order valence-corrected chi connectivity index (χ4v) is 4.73. The van der Waals surface area contributed by atoms with Crippen LogP contribution in [0.5, 0.6) is 0 Å². The maximum atomic E-state index is 8.78. The number of hydroxylamine groups is 1. The van der Waals surface area contributed by atoms with Crippen molar-refractivity contribution in [1.82, 2.24) is 25.4 Å². The molecule has 6 rings (SSSR count). The number of aromatic nitrogens is 4. The van der Waals surface area contributed by atoms with E-state index in [1.807, 2.05) is 80.6 Å². The summed E-state index contributed by atoms with van der Waals surface area (Å²) in [5.41, 5.74) is 14.5. The fraction of sp³-hybridized carbons (Fsp3) is 0.0645. The second kappa shape index (κ2) is 12.7. The summed E-state index contributed by atoms with van der Waals surface area (Å²) in [4.78, 5) is 21.2. The maximum absolute atomic E-state index is 8.78. The number of halogens is 3. The molecule has 4 N–H and O–H groups in total. The Morgan fingerprint density at radius 2 is 1.14 bits per heavy atom. The number of fused-ring (bicyclic) bond motifs is 2. The smallest absolute Gasteiger partial charge is 0.253 e. The molecule has 2 heterocycles. The minimum Gasteiger partial charge on any atom is -0.368 e. The summed E-state index contributed by atoms with van der Waals surface area (Å²) in [5.74, 6) is -0.0392. The molecule has 0 radical (unpaired) electrons. The van der Waals surface area contributed by atoms with Gasteiger partial charge in [0.1, 0.15) is 0 Å². The van der Waals surface area contributed by atoms with Gasteiger partial charge in [0.05, 0.1) is 22.4 Å². The van der Waals surface area contributed by atoms with E-state index < -0.39 is 0 Å². The SMILES string of the molecule is Cc1ccc(-c2nc(Cl)nc3ccc(Cl)cc23)cc1.Cc1ccc(-c2nc(N=C(N)NO)nc3ccc(Cl)cc23)cc1. The number of aliphatic imine (C=N–C) groups is 1. The van der Waals surface area contributed by atoms with Crippen molar-refractivity contribution in [3.8, 4) is 22.5 Å². The number of guanidine groups is 1. The van der Waals surface area contributed by atoms with Gasteiger partial charge < -0.3 is 5.73 Å². The average Bonchev–Trinajstić information content (AvgIpc) is 2.98. The van der Waals surface area contributed by atoms with Gasteiger partial charge >= 0.3 is 0 Å². The Kier molecular flexibility index (Phi) is 8.80. The molecule has 0 saturated heterocycles. The van der Waals surface area contributed by atoms with E-state index in [0.717, 1.165) is 38.7 Å². The lowest BCUT2D eigenvalue weighted by Gasteiger charge is -2.08. The molecule has 210 valence electrons. The lowest BCUT2D eigenvalue weighted by molar-refractivity contribution is 0.233. The number of nitrogens with two attached hydrogens (primary N) is 1. The van der Waals surface area contributed by atoms with Gasteiger partial charge in [-0.3, -0.25) is 5.21 Å². The lowest BCUT2D eigenvalue weighted by atomic mass is 10.1. The van der Waals surface area contributed by atoms with Gasteiger partial charge in [0.25, 0.3) is 5.95 Å². The Hall–Kier alpha value is -4.34. The van der Waals surface area contributed by atoms with E-state index in [9.17, 15) is 0 Å². The van der Waals surface area contributed by atoms with Crippen molar-refractivity contribution in [3.05, 3.63) is 111 Å². The molecule has 0 aliphatic carbocycles. The molecule has 0 amide bonds. The van der Waals surface area contributed by atoms with Crippen molar-refractivity contribution in [2.45, 2.75) is 13.8 Å². The molecule has 0 unspecified atom stereocenters. The summed E-state index contributed by atoms with van der Waals surface area (Å²) in [6.45, 7) is 4.06. The molecule has 0 aliphatic rings. The Bertz CT molecular complexity index is 1930. The van der Waals surface area contributed by atoms with Crippen LogP contribution in [0, 0.1) is 13.8 Å². The molecule has 0 aliphatic heterocycles. The lowest BCUT2D eigenvalue weighted by Crippen LogP contribution is -2.27. The van der Waals surface area contributed by atoms with E-state index in [4.69, 9.17) is 45.7 Å². The van der Waals surface area contributed by atoms with Gasteiger partial charge in [-0.2, -0.15) is 4.99 Å². The Morgan fingerprint density at radius 1 is 0.667 bits per heavy atom. The minimum atomic E-state index is -0.187. The molecule has 8 nitrogen and oxygen atoms in total. The predicted octanol–water partition coefficient (Wildman–Crippen LogP) is 8.10. The first kappa shape index (κ1) is 29.2. The van der Waals surface area contributed by atoms with E-state index in [-0.39, 0.29) is 17.2 Å². The highest BCUT2D eigenvalue weighted by atomic mass is 35.5. The predicted molar refractivity (Wildman–Crippen MR) is 171 cm³/mol. The van der Waals surface area contributed by atoms with Crippen molar-refractivity contribution >= 4 is 68.5 Å². The van der Waals surface area contributed by atoms with Crippen LogP contribution in [-0.2, 0) is 0 Å². The Labute approximate surface area is 256 Å². The van der Waals surface area contributed by atoms with Crippen molar-refractivity contribution < 1.29 is 5.21 Å². The molecule has 6 aromatic rings. The van der Waals surface area contributed by atoms with Crippen LogP contribution in [0.2, 0.25) is 15.3 Å². The summed E-state index contributed by atoms with van der Waals surface area (Å²) in [7, 11) is 0. The number of aryl methyl sites for hydroxylation is 2. The van der Waals surface area contributed by atoms with Gasteiger partial charge in [0.2, 0.25) is 11.2 Å². The fourth-order valence-electron chi connectivity index (χ4n) is 4.21. The van der Waals surface area contributed by atoms with Crippen molar-refractivity contribution in [3.63, 3.8) is 0 Å². The van der Waals surface area contributed by atoms with E-state index >= 15 is 0 Å². The van der Waals surface area contributed by atoms with Crippen LogP contribution in [0.3, 0.4) is 0 Å². The van der Waals surface area contributed by atoms with Crippen LogP contribution in [-0.4, -0.2) is 31.1 Å². The Balaban J connectivity index is 0.000000171. The second-order valence-corrected chi connectivity index (χ2v) is 10.6. The van der Waals surface area contributed by atoms with Gasteiger partial charge in [-0.15, -0.1) is 0 Å². The first-order valence-electron chi connectivity index (χ1n) is 12.7. The largest absolute Gasteiger partial charge is 0.368 e. The first-order valence-corrected chi connectivity index (χ1v) is 13.8. The van der Waals surface area contributed by atoms with E-state index in [0.29, 0.717) is 21.3 Å². The normalized spacial score (nSPS) is 11.3. The van der Waals surface area contributed by atoms with E-state index in [1.54, 1.807) is 23.7 Å². The number of hydrogen-bond acceptors (Lipinski definition) is 6. The van der Waals surface area contributed by atoms with Crippen LogP contribution in [0.4, 0.5) is 5.95 Å². The van der Waals surface area contributed by atoms with Gasteiger partial charge in [0, 0.05) is 31.9 Å². The highest BCUT2D eigenvalue weighted by Crippen LogP contribution is 2.31. The maximum Gasteiger partial charge on any atom is 0.253 e. The third-order valence-corrected chi connectivity index (χ3v) is 6.90. The van der Waals surface area contributed by atoms with Crippen molar-refractivity contribution in [1.29, 1.82) is 0 Å². The topological polar surface area (TPSA) is 122 Å². The standard InChI is InChI=1S/C16H14ClN5O.C15H10Cl2N2/c1-9-2-4-10(5-3-9)14-12-8-11(17)6-7-13(12)19-16(20-14)21-15(18)22-23;1-9-2-4-10(5-3-9)14-12-8-11(16)6-7-13(12)18-15(17)19-14/h2-8,23H,1H3,(H3,18,19,20,21,22);2-8H,1H3. The molecule has 0 saturated carbocycles. The third-order valence-electron chi connectivity index (χ3n) is 6.26. The third kappa shape index (κ3) is 6.75. The molecule has 0 atom stereocenters. The summed E-state index contributed by atoms with van der Waals surface area (Å²) in [6.07, 6.45) is 0. The number of rotatable bonds is 3. The highest BCUT2D eigenvalue weighted by Gasteiger charge is 2.11. The number of benzene rings is 4. The first-order chi connectivity index (χ1) is 20.2. The molecule has 42 heavy (non-hydrogen) atoms. The Morgan fingerprint density at radius 3 is 1.64 bits per heavy atom. The van der Waals surface area contributed by atoms with Crippen LogP contribution in [0.15, 0.2) is 89.9 Å². The molecule has 11 heteroatoms. The van der Waals surface area contributed by atoms with Crippen LogP contribution in [0.25, 0.3) is 44.3 Å². The van der Waals surface area contributed by atoms with Gasteiger partial charge in [-0.1, -0.05) is 82.9 Å². The number of nitrogens with zero attached hydrogens (tertiary/aromatic N) is 5. The zero-order valence-electron chi connectivity index (χ0n) is 22.5. The molecule has 2 aromatic heterocycles. The minimum absolute atomic E-state index is 0.148. The molecule has 0 bridgehead atoms. The number of nitrogens with one attached hydrogen (secondary N) is 1. The van der Waals surface area contributed by atoms with Crippen LogP contribution >= 0.6 is 34.8 Å². The van der Waals surface area contributed by atoms with Crippen molar-refractivity contribution in [2.75, 3.05) is 0 Å². The molecule has 0 spiro atoms. The zero-order valence-corrected chi connectivity index (χ0v) is 24.7. The second-order valence-electron chi connectivity index (χ2n) is 9.38. The van der Waals surface area contributed by atoms with Gasteiger partial charge in [-0.05, 0) is 61.8 Å². The zero-order chi connectivity index (χ0) is 29.8. The quantitative estimate of drug-likeness (QED) is 0.0795. The van der Waals surface area contributed by atoms with Gasteiger partial charge in [0.15, 0.2) is 0 Å². The van der Waals surface area contributed by atoms with E-state index in [2.05, 4.69) is 24.9 Å². The summed E-state index contributed by atoms with van der Waals surface area (Å²) in [5, 5.41) is 12.0.